The lowest BCUT2D eigenvalue weighted by atomic mass is 9.94. The maximum atomic E-state index is 14.1. The Hall–Kier alpha value is -2.84. The highest BCUT2D eigenvalue weighted by atomic mass is 16.8. The first-order valence-electron chi connectivity index (χ1n) is 28.9. The molecule has 0 radical (unpaired) electrons. The number of carbonyl (C=O) groups is 2. The van der Waals surface area contributed by atoms with Crippen LogP contribution < -0.4 is 0 Å². The summed E-state index contributed by atoms with van der Waals surface area (Å²) in [4.78, 5) is 29.1. The third-order valence-electron chi connectivity index (χ3n) is 17.1. The maximum absolute atomic E-state index is 14.1. The molecule has 6 fully saturated rings. The number of imide groups is 1. The molecule has 510 valence electrons. The lowest BCUT2D eigenvalue weighted by Gasteiger charge is -2.52. The molecule has 30 atom stereocenters. The van der Waals surface area contributed by atoms with Gasteiger partial charge in [-0.05, 0) is 12.1 Å². The topological polar surface area (TPSA) is 391 Å². The molecule has 0 bridgehead atoms. The summed E-state index contributed by atoms with van der Waals surface area (Å²) in [5.74, 6) is -1.36. The van der Waals surface area contributed by atoms with Gasteiger partial charge in [-0.2, -0.15) is 0 Å². The van der Waals surface area contributed by atoms with Crippen molar-refractivity contribution in [3.8, 4) is 0 Å². The van der Waals surface area contributed by atoms with E-state index < -0.39 is 216 Å². The molecule has 1 aromatic carbocycles. The number of amides is 2. The first-order valence-corrected chi connectivity index (χ1v) is 28.9. The first-order chi connectivity index (χ1) is 42.9. The second-order valence-corrected chi connectivity index (χ2v) is 22.0. The third-order valence-corrected chi connectivity index (χ3v) is 17.1. The molecule has 33 heteroatoms. The minimum atomic E-state index is -2.04. The molecule has 0 aliphatic carbocycles. The first kappa shape index (κ1) is 72.0. The number of hydrogen-bond donors (Lipinski definition) is 7. The summed E-state index contributed by atoms with van der Waals surface area (Å²) in [5.41, 5.74) is 0.218. The zero-order chi connectivity index (χ0) is 64.5. The molecule has 14 unspecified atom stereocenters. The van der Waals surface area contributed by atoms with Gasteiger partial charge >= 0.3 is 0 Å². The maximum Gasteiger partial charge on any atom is 0.261 e. The Bertz CT molecular complexity index is 2300. The van der Waals surface area contributed by atoms with E-state index in [1.165, 1.54) is 97.5 Å². The second-order valence-electron chi connectivity index (χ2n) is 22.0. The number of benzene rings is 1. The molecular formula is C56H89NO32. The summed E-state index contributed by atoms with van der Waals surface area (Å²) >= 11 is 0. The third kappa shape index (κ3) is 14.8. The fourth-order valence-corrected chi connectivity index (χ4v) is 12.7. The average Bonchev–Trinajstić information content (AvgIpc) is 1.96. The fourth-order valence-electron chi connectivity index (χ4n) is 12.7. The van der Waals surface area contributed by atoms with E-state index in [0.29, 0.717) is 0 Å². The number of rotatable bonds is 29. The molecular weight excluding hydrogens is 1200 g/mol. The zero-order valence-electron chi connectivity index (χ0n) is 51.7. The standard InChI is InChI=1S/C56H89NO32/c1-67-20-28-38(42(71-5)45(74-8)53(78-12)82-28)88-55-48(77-11)44(73-7)40(30(84-55)22-69-3)89-56-47(76-10)43(72-6)39(29(83-56)21-68-2)87-54-46(75-9)41(70-4)37(25(79-54)17-57-49(65)23-15-13-14-16-24(23)50(57)66)86-52-35(64)33(62)36(27(19-59)81-52)85-51-34(63)32(61)31(60)26(18-58)80-51/h13-16,25-48,51-56,58-64H,17-22H2,1-12H3/t25?,26?,27?,28-,29?,30-,31-,32?,33?,34?,35?,36-,37+,38-,39+,40-,41+,42?,43+,44?,45?,46?,47?,48?,51-,52-,53+,54+,55-,56+/m1/s1. The number of methoxy groups -OCH3 is 12. The van der Waals surface area contributed by atoms with Gasteiger partial charge in [0.2, 0.25) is 0 Å². The van der Waals surface area contributed by atoms with Gasteiger partial charge in [0.25, 0.3) is 11.8 Å². The van der Waals surface area contributed by atoms with Gasteiger partial charge in [-0.25, -0.2) is 0 Å². The average molecular weight is 1290 g/mol. The van der Waals surface area contributed by atoms with Crippen LogP contribution in [0.2, 0.25) is 0 Å². The SMILES string of the molecule is COCC1O[C@@H](O[C@H]2C(OC)C(OC)[C@@H](O[C@H]3C(OC)C(OC)[C@@H](OC)O[C@@H]3COC)O[C@@H]2COC)C(OC)[C@@H](OC)[C@H]1O[C@@H]1OC(CN2C(=O)c3ccccc3C2=O)[C@H](O[C@H]2OC(CO)[C@@H](O[C@H]3OC(CO)[C@@H](O)C(O)C3O)C(O)C2O)[C@H](OC)C1OC. The van der Waals surface area contributed by atoms with Gasteiger partial charge in [0.05, 0.1) is 50.7 Å². The Morgan fingerprint density at radius 1 is 0.337 bits per heavy atom. The molecule has 7 N–H and O–H groups in total. The van der Waals surface area contributed by atoms with Crippen LogP contribution in [-0.4, -0.2) is 362 Å². The summed E-state index contributed by atoms with van der Waals surface area (Å²) in [6.45, 7) is -2.39. The van der Waals surface area contributed by atoms with Gasteiger partial charge < -0.3 is 145 Å². The summed E-state index contributed by atoms with van der Waals surface area (Å²) in [5, 5.41) is 75.3. The largest absolute Gasteiger partial charge is 0.394 e. The summed E-state index contributed by atoms with van der Waals surface area (Å²) in [6.07, 6.45) is -39.9. The number of ether oxygens (including phenoxy) is 23. The van der Waals surface area contributed by atoms with Gasteiger partial charge in [0.15, 0.2) is 37.7 Å². The molecule has 7 heterocycles. The van der Waals surface area contributed by atoms with E-state index in [1.54, 1.807) is 12.1 Å². The Labute approximate surface area is 514 Å². The van der Waals surface area contributed by atoms with Crippen LogP contribution >= 0.6 is 0 Å². The highest BCUT2D eigenvalue weighted by Gasteiger charge is 2.60. The highest BCUT2D eigenvalue weighted by molar-refractivity contribution is 6.21. The number of hydrogen-bond acceptors (Lipinski definition) is 32. The van der Waals surface area contributed by atoms with Gasteiger partial charge in [0, 0.05) is 85.3 Å². The van der Waals surface area contributed by atoms with Crippen molar-refractivity contribution in [3.05, 3.63) is 35.4 Å². The summed E-state index contributed by atoms with van der Waals surface area (Å²) < 4.78 is 142. The molecule has 0 saturated carbocycles. The number of aliphatic hydroxyl groups excluding tert-OH is 7. The summed E-state index contributed by atoms with van der Waals surface area (Å²) in [7, 11) is 17.3. The van der Waals surface area contributed by atoms with Crippen LogP contribution in [0.25, 0.3) is 0 Å². The van der Waals surface area contributed by atoms with E-state index in [1.807, 2.05) is 0 Å². The minimum absolute atomic E-state index is 0.0610. The van der Waals surface area contributed by atoms with Crippen molar-refractivity contribution >= 4 is 11.8 Å². The van der Waals surface area contributed by atoms with Crippen LogP contribution in [0.3, 0.4) is 0 Å². The van der Waals surface area contributed by atoms with Crippen molar-refractivity contribution in [1.29, 1.82) is 0 Å². The highest BCUT2D eigenvalue weighted by Crippen LogP contribution is 2.41. The molecule has 8 rings (SSSR count). The molecule has 0 spiro atoms. The Morgan fingerprint density at radius 3 is 1.02 bits per heavy atom. The molecule has 1 aromatic rings. The van der Waals surface area contributed by atoms with E-state index in [0.717, 1.165) is 4.90 Å². The predicted octanol–water partition coefficient (Wildman–Crippen LogP) is -4.95. The van der Waals surface area contributed by atoms with Crippen molar-refractivity contribution in [2.24, 2.45) is 0 Å². The van der Waals surface area contributed by atoms with E-state index in [-0.39, 0.29) is 30.9 Å². The molecule has 6 saturated heterocycles. The minimum Gasteiger partial charge on any atom is -0.394 e. The van der Waals surface area contributed by atoms with Crippen LogP contribution in [0.15, 0.2) is 24.3 Å². The van der Waals surface area contributed by atoms with Crippen molar-refractivity contribution in [2.75, 3.05) is 125 Å². The number of nitrogens with zero attached hydrogens (tertiary/aromatic N) is 1. The van der Waals surface area contributed by atoms with Crippen molar-refractivity contribution in [1.82, 2.24) is 4.90 Å². The van der Waals surface area contributed by atoms with E-state index in [9.17, 15) is 45.3 Å². The lowest BCUT2D eigenvalue weighted by molar-refractivity contribution is -0.400. The zero-order valence-corrected chi connectivity index (χ0v) is 51.7. The van der Waals surface area contributed by atoms with Crippen molar-refractivity contribution < 1.29 is 154 Å². The van der Waals surface area contributed by atoms with Gasteiger partial charge in [-0.1, -0.05) is 12.1 Å². The van der Waals surface area contributed by atoms with Crippen LogP contribution in [0.1, 0.15) is 20.7 Å². The Morgan fingerprint density at radius 2 is 0.652 bits per heavy atom. The number of carbonyl (C=O) groups excluding carboxylic acids is 2. The molecule has 7 aliphatic heterocycles. The van der Waals surface area contributed by atoms with Crippen molar-refractivity contribution in [3.63, 3.8) is 0 Å². The molecule has 89 heavy (non-hydrogen) atoms. The number of fused-ring (bicyclic) bond motifs is 1. The lowest BCUT2D eigenvalue weighted by Crippen LogP contribution is -2.69. The van der Waals surface area contributed by atoms with E-state index >= 15 is 0 Å². The number of aliphatic hydroxyl groups is 7. The van der Waals surface area contributed by atoms with Gasteiger partial charge in [-0.15, -0.1) is 0 Å². The second kappa shape index (κ2) is 33.0. The Kier molecular flexibility index (Phi) is 26.7. The fraction of sp³-hybridized carbons (Fsp3) is 0.857. The molecule has 0 aromatic heterocycles. The predicted molar refractivity (Wildman–Crippen MR) is 291 cm³/mol. The molecule has 33 nitrogen and oxygen atoms in total. The van der Waals surface area contributed by atoms with E-state index in [2.05, 4.69) is 0 Å². The van der Waals surface area contributed by atoms with Gasteiger partial charge in [-0.3, -0.25) is 14.5 Å². The van der Waals surface area contributed by atoms with Crippen molar-refractivity contribution in [2.45, 2.75) is 184 Å². The quantitative estimate of drug-likeness (QED) is 0.0370. The van der Waals surface area contributed by atoms with Crippen LogP contribution in [0.5, 0.6) is 0 Å². The van der Waals surface area contributed by atoms with Gasteiger partial charge in [0.1, 0.15) is 146 Å². The van der Waals surface area contributed by atoms with Crippen LogP contribution in [0.4, 0.5) is 0 Å². The normalized spacial score (nSPS) is 43.8. The molecule has 2 amide bonds. The summed E-state index contributed by atoms with van der Waals surface area (Å²) in [6, 6.07) is 6.17. The van der Waals surface area contributed by atoms with Crippen LogP contribution in [0, 0.1) is 0 Å². The Balaban J connectivity index is 1.06. The van der Waals surface area contributed by atoms with Crippen LogP contribution in [-0.2, 0) is 109 Å². The molecule has 7 aliphatic rings. The van der Waals surface area contributed by atoms with E-state index in [4.69, 9.17) is 109 Å². The monoisotopic (exact) mass is 1290 g/mol. The smallest absolute Gasteiger partial charge is 0.261 e.